The number of nitro groups is 1. The van der Waals surface area contributed by atoms with Crippen LogP contribution in [0.1, 0.15) is 13.8 Å². The van der Waals surface area contributed by atoms with E-state index in [4.69, 9.17) is 5.73 Å². The van der Waals surface area contributed by atoms with Crippen LogP contribution in [0.25, 0.3) is 0 Å². The molecule has 1 atom stereocenters. The number of nitrogens with zero attached hydrogens (tertiary/aromatic N) is 3. The normalized spacial score (nSPS) is 15.8. The van der Waals surface area contributed by atoms with Crippen LogP contribution in [0.2, 0.25) is 0 Å². The first-order valence-corrected chi connectivity index (χ1v) is 8.13. The van der Waals surface area contributed by atoms with E-state index in [2.05, 4.69) is 10.2 Å². The van der Waals surface area contributed by atoms with Crippen LogP contribution in [0.5, 0.6) is 0 Å². The summed E-state index contributed by atoms with van der Waals surface area (Å²) in [5, 5.41) is 13.2. The highest BCUT2D eigenvalue weighted by Gasteiger charge is 2.30. The van der Waals surface area contributed by atoms with Crippen LogP contribution in [-0.4, -0.2) is 54.0 Å². The summed E-state index contributed by atoms with van der Waals surface area (Å²) in [6.45, 7) is 5.96. The van der Waals surface area contributed by atoms with Crippen molar-refractivity contribution < 1.29 is 14.5 Å². The minimum Gasteiger partial charge on any atom is -0.368 e. The summed E-state index contributed by atoms with van der Waals surface area (Å²) in [5.74, 6) is -0.204. The molecule has 1 aliphatic heterocycles. The molecule has 1 aliphatic rings. The molecule has 1 heterocycles. The molecule has 3 amide bonds. The lowest BCUT2D eigenvalue weighted by molar-refractivity contribution is -0.384. The molecule has 1 saturated heterocycles. The quantitative estimate of drug-likeness (QED) is 0.605. The van der Waals surface area contributed by atoms with E-state index in [0.29, 0.717) is 26.2 Å². The van der Waals surface area contributed by atoms with E-state index < -0.39 is 17.0 Å². The molecular formula is C16H23N5O4. The van der Waals surface area contributed by atoms with Gasteiger partial charge in [-0.05, 0) is 18.1 Å². The zero-order valence-electron chi connectivity index (χ0n) is 14.3. The van der Waals surface area contributed by atoms with Gasteiger partial charge in [0.1, 0.15) is 6.04 Å². The molecule has 9 nitrogen and oxygen atoms in total. The monoisotopic (exact) mass is 349 g/mol. The average Bonchev–Trinajstić information content (AvgIpc) is 2.59. The maximum Gasteiger partial charge on any atom is 0.312 e. The Morgan fingerprint density at radius 1 is 1.16 bits per heavy atom. The van der Waals surface area contributed by atoms with Gasteiger partial charge in [-0.1, -0.05) is 13.8 Å². The van der Waals surface area contributed by atoms with Gasteiger partial charge < -0.3 is 20.9 Å². The molecule has 25 heavy (non-hydrogen) atoms. The molecule has 0 aromatic heterocycles. The first-order valence-electron chi connectivity index (χ1n) is 8.13. The zero-order chi connectivity index (χ0) is 18.6. The molecule has 0 saturated carbocycles. The molecule has 1 fully saturated rings. The highest BCUT2D eigenvalue weighted by molar-refractivity contribution is 5.87. The van der Waals surface area contributed by atoms with Gasteiger partial charge in [0, 0.05) is 44.0 Å². The summed E-state index contributed by atoms with van der Waals surface area (Å²) >= 11 is 0. The number of amides is 3. The van der Waals surface area contributed by atoms with Crippen LogP contribution >= 0.6 is 0 Å². The second kappa shape index (κ2) is 7.82. The maximum absolute atomic E-state index is 12.6. The third-order valence-corrected chi connectivity index (χ3v) is 4.25. The summed E-state index contributed by atoms with van der Waals surface area (Å²) in [4.78, 5) is 37.8. The first-order chi connectivity index (χ1) is 11.8. The maximum atomic E-state index is 12.6. The average molecular weight is 349 g/mol. The van der Waals surface area contributed by atoms with Crippen molar-refractivity contribution in [3.05, 3.63) is 34.4 Å². The Kier molecular flexibility index (Phi) is 5.79. The number of carbonyl (C=O) groups excluding carboxylic acids is 2. The largest absolute Gasteiger partial charge is 0.368 e. The number of primary amides is 1. The van der Waals surface area contributed by atoms with Crippen molar-refractivity contribution in [3.63, 3.8) is 0 Å². The number of nitrogens with one attached hydrogen (secondary N) is 1. The van der Waals surface area contributed by atoms with Crippen molar-refractivity contribution in [1.29, 1.82) is 0 Å². The van der Waals surface area contributed by atoms with Crippen molar-refractivity contribution in [2.24, 2.45) is 11.7 Å². The van der Waals surface area contributed by atoms with Crippen molar-refractivity contribution in [2.45, 2.75) is 19.9 Å². The summed E-state index contributed by atoms with van der Waals surface area (Å²) in [5.41, 5.74) is 6.09. The topological polar surface area (TPSA) is 122 Å². The SMILES string of the molecule is CC(C)C(NC(N)=O)C(=O)N1CCN(c2ccc([N+](=O)[O-])cc2)CC1. The Bertz CT molecular complexity index is 638. The van der Waals surface area contributed by atoms with Crippen molar-refractivity contribution in [3.8, 4) is 0 Å². The van der Waals surface area contributed by atoms with E-state index >= 15 is 0 Å². The minimum atomic E-state index is -0.712. The number of hydrogen-bond donors (Lipinski definition) is 2. The Hall–Kier alpha value is -2.84. The van der Waals surface area contributed by atoms with Crippen LogP contribution in [0, 0.1) is 16.0 Å². The number of nitro benzene ring substituents is 1. The zero-order valence-corrected chi connectivity index (χ0v) is 14.3. The molecule has 1 unspecified atom stereocenters. The molecule has 1 aromatic rings. The van der Waals surface area contributed by atoms with Crippen LogP contribution < -0.4 is 16.0 Å². The summed E-state index contributed by atoms with van der Waals surface area (Å²) in [7, 11) is 0. The second-order valence-electron chi connectivity index (χ2n) is 6.32. The summed E-state index contributed by atoms with van der Waals surface area (Å²) in [6.07, 6.45) is 0. The lowest BCUT2D eigenvalue weighted by Crippen LogP contribution is -2.57. The van der Waals surface area contributed by atoms with E-state index in [1.54, 1.807) is 17.0 Å². The van der Waals surface area contributed by atoms with Gasteiger partial charge in [0.25, 0.3) is 5.69 Å². The number of anilines is 1. The Morgan fingerprint density at radius 3 is 2.16 bits per heavy atom. The molecule has 0 bridgehead atoms. The molecule has 2 rings (SSSR count). The lowest BCUT2D eigenvalue weighted by atomic mass is 10.0. The standard InChI is InChI=1S/C16H23N5O4/c1-11(2)14(18-16(17)23)15(22)20-9-7-19(8-10-20)12-3-5-13(6-4-12)21(24)25/h3-6,11,14H,7-10H2,1-2H3,(H3,17,18,23). The van der Waals surface area contributed by atoms with Gasteiger partial charge in [0.15, 0.2) is 0 Å². The van der Waals surface area contributed by atoms with E-state index in [1.807, 2.05) is 13.8 Å². The summed E-state index contributed by atoms with van der Waals surface area (Å²) in [6, 6.07) is 5.01. The molecule has 9 heteroatoms. The van der Waals surface area contributed by atoms with E-state index in [0.717, 1.165) is 5.69 Å². The Labute approximate surface area is 145 Å². The Balaban J connectivity index is 1.97. The predicted molar refractivity (Wildman–Crippen MR) is 93.2 cm³/mol. The van der Waals surface area contributed by atoms with Gasteiger partial charge >= 0.3 is 6.03 Å². The second-order valence-corrected chi connectivity index (χ2v) is 6.32. The number of carbonyl (C=O) groups is 2. The van der Waals surface area contributed by atoms with Gasteiger partial charge in [-0.2, -0.15) is 0 Å². The number of non-ortho nitro benzene ring substituents is 1. The van der Waals surface area contributed by atoms with Crippen molar-refractivity contribution in [2.75, 3.05) is 31.1 Å². The number of benzene rings is 1. The molecule has 1 aromatic carbocycles. The van der Waals surface area contributed by atoms with Crippen LogP contribution in [0.3, 0.4) is 0 Å². The molecule has 0 radical (unpaired) electrons. The fourth-order valence-corrected chi connectivity index (χ4v) is 2.83. The van der Waals surface area contributed by atoms with Crippen LogP contribution in [0.15, 0.2) is 24.3 Å². The minimum absolute atomic E-state index is 0.0508. The van der Waals surface area contributed by atoms with Crippen molar-refractivity contribution in [1.82, 2.24) is 10.2 Å². The molecule has 3 N–H and O–H groups in total. The number of rotatable bonds is 5. The Morgan fingerprint density at radius 2 is 1.72 bits per heavy atom. The van der Waals surface area contributed by atoms with Gasteiger partial charge in [0.05, 0.1) is 4.92 Å². The number of nitrogens with two attached hydrogens (primary N) is 1. The van der Waals surface area contributed by atoms with Gasteiger partial charge in [-0.25, -0.2) is 4.79 Å². The van der Waals surface area contributed by atoms with Gasteiger partial charge in [-0.15, -0.1) is 0 Å². The van der Waals surface area contributed by atoms with Crippen molar-refractivity contribution >= 4 is 23.3 Å². The fourth-order valence-electron chi connectivity index (χ4n) is 2.83. The van der Waals surface area contributed by atoms with Gasteiger partial charge in [0.2, 0.25) is 5.91 Å². The highest BCUT2D eigenvalue weighted by Crippen LogP contribution is 2.21. The first kappa shape index (κ1) is 18.5. The number of piperazine rings is 1. The molecule has 0 spiro atoms. The highest BCUT2D eigenvalue weighted by atomic mass is 16.6. The number of urea groups is 1. The fraction of sp³-hybridized carbons (Fsp3) is 0.500. The van der Waals surface area contributed by atoms with E-state index in [-0.39, 0.29) is 17.5 Å². The third-order valence-electron chi connectivity index (χ3n) is 4.25. The summed E-state index contributed by atoms with van der Waals surface area (Å²) < 4.78 is 0. The van der Waals surface area contributed by atoms with E-state index in [1.165, 1.54) is 12.1 Å². The predicted octanol–water partition coefficient (Wildman–Crippen LogP) is 0.936. The molecule has 0 aliphatic carbocycles. The lowest BCUT2D eigenvalue weighted by Gasteiger charge is -2.38. The smallest absolute Gasteiger partial charge is 0.312 e. The van der Waals surface area contributed by atoms with Crippen LogP contribution in [-0.2, 0) is 4.79 Å². The van der Waals surface area contributed by atoms with Gasteiger partial charge in [-0.3, -0.25) is 14.9 Å². The molecule has 136 valence electrons. The third kappa shape index (κ3) is 4.59. The van der Waals surface area contributed by atoms with Crippen LogP contribution in [0.4, 0.5) is 16.2 Å². The molecular weight excluding hydrogens is 326 g/mol. The number of hydrogen-bond acceptors (Lipinski definition) is 5. The van der Waals surface area contributed by atoms with E-state index in [9.17, 15) is 19.7 Å².